The van der Waals surface area contributed by atoms with Crippen molar-refractivity contribution in [1.82, 2.24) is 0 Å². The summed E-state index contributed by atoms with van der Waals surface area (Å²) in [5, 5.41) is 0.167. The fourth-order valence-electron chi connectivity index (χ4n) is 1.95. The highest BCUT2D eigenvalue weighted by atomic mass is 32.2. The number of rotatable bonds is 5. The molecule has 0 saturated heterocycles. The molecule has 25 heavy (non-hydrogen) atoms. The Morgan fingerprint density at radius 1 is 1.24 bits per heavy atom. The number of carbonyl (C=O) groups is 1. The standard InChI is InChI=1S/C15H14F3NO4S2/c1-3-23-14(20)13-9(2)8-12(24-13)19-25(21,22)11-6-4-10(5-7-11)15(16,17)18/h4-8,19H,3H2,1-2H3. The molecule has 0 unspecified atom stereocenters. The van der Waals surface area contributed by atoms with Crippen LogP contribution >= 0.6 is 11.3 Å². The number of hydrogen-bond donors (Lipinski definition) is 1. The van der Waals surface area contributed by atoms with E-state index in [0.717, 1.165) is 23.5 Å². The van der Waals surface area contributed by atoms with Crippen LogP contribution in [0.5, 0.6) is 0 Å². The first-order valence-electron chi connectivity index (χ1n) is 7.02. The van der Waals surface area contributed by atoms with Gasteiger partial charge in [-0.15, -0.1) is 11.3 Å². The van der Waals surface area contributed by atoms with Gasteiger partial charge in [0.1, 0.15) is 9.88 Å². The number of nitrogens with one attached hydrogen (secondary N) is 1. The van der Waals surface area contributed by atoms with Crippen molar-refractivity contribution in [2.24, 2.45) is 0 Å². The summed E-state index contributed by atoms with van der Waals surface area (Å²) in [6.45, 7) is 3.45. The number of alkyl halides is 3. The zero-order valence-corrected chi connectivity index (χ0v) is 14.8. The molecule has 0 aliphatic heterocycles. The number of sulfonamides is 1. The third-order valence-electron chi connectivity index (χ3n) is 3.11. The van der Waals surface area contributed by atoms with Crippen LogP contribution in [0.2, 0.25) is 0 Å². The summed E-state index contributed by atoms with van der Waals surface area (Å²) in [5.74, 6) is -0.565. The Morgan fingerprint density at radius 2 is 1.84 bits per heavy atom. The number of esters is 1. The molecule has 2 aromatic rings. The summed E-state index contributed by atoms with van der Waals surface area (Å²) < 4.78 is 69.3. The van der Waals surface area contributed by atoms with Crippen LogP contribution < -0.4 is 4.72 Å². The summed E-state index contributed by atoms with van der Waals surface area (Å²) in [5.41, 5.74) is -0.406. The highest BCUT2D eigenvalue weighted by molar-refractivity contribution is 7.93. The predicted molar refractivity (Wildman–Crippen MR) is 87.3 cm³/mol. The van der Waals surface area contributed by atoms with Crippen LogP contribution in [0, 0.1) is 6.92 Å². The van der Waals surface area contributed by atoms with Gasteiger partial charge in [0, 0.05) is 0 Å². The Kier molecular flexibility index (Phi) is 5.43. The van der Waals surface area contributed by atoms with Crippen LogP contribution in [0.15, 0.2) is 35.2 Å². The van der Waals surface area contributed by atoms with E-state index in [4.69, 9.17) is 4.74 Å². The van der Waals surface area contributed by atoms with Gasteiger partial charge in [-0.3, -0.25) is 4.72 Å². The minimum absolute atomic E-state index is 0.167. The monoisotopic (exact) mass is 393 g/mol. The molecule has 10 heteroatoms. The van der Waals surface area contributed by atoms with Gasteiger partial charge in [0.05, 0.1) is 17.1 Å². The van der Waals surface area contributed by atoms with E-state index in [2.05, 4.69) is 4.72 Å². The van der Waals surface area contributed by atoms with Gasteiger partial charge in [-0.2, -0.15) is 13.2 Å². The average Bonchev–Trinajstić information content (AvgIpc) is 2.86. The maximum absolute atomic E-state index is 12.5. The molecule has 1 N–H and O–H groups in total. The fraction of sp³-hybridized carbons (Fsp3) is 0.267. The van der Waals surface area contributed by atoms with E-state index >= 15 is 0 Å². The maximum atomic E-state index is 12.5. The van der Waals surface area contributed by atoms with Crippen LogP contribution in [0.3, 0.4) is 0 Å². The third-order valence-corrected chi connectivity index (χ3v) is 5.75. The summed E-state index contributed by atoms with van der Waals surface area (Å²) in [7, 11) is -4.08. The molecule has 136 valence electrons. The van der Waals surface area contributed by atoms with Crippen molar-refractivity contribution in [3.63, 3.8) is 0 Å². The number of aryl methyl sites for hydroxylation is 1. The van der Waals surface area contributed by atoms with Crippen LogP contribution in [-0.4, -0.2) is 21.0 Å². The van der Waals surface area contributed by atoms with Gasteiger partial charge in [0.25, 0.3) is 10.0 Å². The second kappa shape index (κ2) is 7.04. The van der Waals surface area contributed by atoms with Crippen LogP contribution in [-0.2, 0) is 20.9 Å². The first-order valence-corrected chi connectivity index (χ1v) is 9.32. The first kappa shape index (κ1) is 19.3. The summed E-state index contributed by atoms with van der Waals surface area (Å²) >= 11 is 0.892. The van der Waals surface area contributed by atoms with E-state index < -0.39 is 27.7 Å². The average molecular weight is 393 g/mol. The molecule has 5 nitrogen and oxygen atoms in total. The number of ether oxygens (including phenoxy) is 1. The Bertz CT molecular complexity index is 871. The smallest absolute Gasteiger partial charge is 0.416 e. The number of halogens is 3. The van der Waals surface area contributed by atoms with Crippen LogP contribution in [0.1, 0.15) is 27.7 Å². The van der Waals surface area contributed by atoms with E-state index in [1.807, 2.05) is 0 Å². The lowest BCUT2D eigenvalue weighted by Crippen LogP contribution is -2.13. The molecule has 0 amide bonds. The van der Waals surface area contributed by atoms with Crippen molar-refractivity contribution in [3.05, 3.63) is 46.3 Å². The topological polar surface area (TPSA) is 72.5 Å². The SMILES string of the molecule is CCOC(=O)c1sc(NS(=O)(=O)c2ccc(C(F)(F)F)cc2)cc1C. The van der Waals surface area contributed by atoms with Gasteiger partial charge in [0.2, 0.25) is 0 Å². The molecule has 0 bridgehead atoms. The van der Waals surface area contributed by atoms with Gasteiger partial charge < -0.3 is 4.74 Å². The van der Waals surface area contributed by atoms with E-state index in [0.29, 0.717) is 17.7 Å². The van der Waals surface area contributed by atoms with Gasteiger partial charge in [-0.1, -0.05) is 0 Å². The first-order chi connectivity index (χ1) is 11.5. The van der Waals surface area contributed by atoms with Crippen molar-refractivity contribution in [3.8, 4) is 0 Å². The number of hydrogen-bond acceptors (Lipinski definition) is 5. The second-order valence-corrected chi connectivity index (χ2v) is 7.71. The highest BCUT2D eigenvalue weighted by Gasteiger charge is 2.30. The Hall–Kier alpha value is -2.07. The number of thiophene rings is 1. The van der Waals surface area contributed by atoms with Crippen molar-refractivity contribution < 1.29 is 31.1 Å². The number of carbonyl (C=O) groups excluding carboxylic acids is 1. The Balaban J connectivity index is 2.24. The predicted octanol–water partition coefficient (Wildman–Crippen LogP) is 4.05. The lowest BCUT2D eigenvalue weighted by Gasteiger charge is -2.09. The Morgan fingerprint density at radius 3 is 2.36 bits per heavy atom. The van der Waals surface area contributed by atoms with Crippen molar-refractivity contribution in [2.75, 3.05) is 11.3 Å². The minimum Gasteiger partial charge on any atom is -0.462 e. The molecule has 0 fully saturated rings. The summed E-state index contributed by atoms with van der Waals surface area (Å²) in [6, 6.07) is 4.59. The summed E-state index contributed by atoms with van der Waals surface area (Å²) in [6.07, 6.45) is -4.55. The van der Waals surface area contributed by atoms with Crippen LogP contribution in [0.4, 0.5) is 18.2 Å². The normalized spacial score (nSPS) is 12.0. The number of benzene rings is 1. The maximum Gasteiger partial charge on any atom is 0.416 e. The van der Waals surface area contributed by atoms with E-state index in [1.54, 1.807) is 13.8 Å². The van der Waals surface area contributed by atoms with E-state index in [9.17, 15) is 26.4 Å². The molecule has 0 atom stereocenters. The van der Waals surface area contributed by atoms with Gasteiger partial charge in [-0.25, -0.2) is 13.2 Å². The second-order valence-electron chi connectivity index (χ2n) is 4.97. The molecular formula is C15H14F3NO4S2. The molecular weight excluding hydrogens is 379 g/mol. The minimum atomic E-state index is -4.55. The lowest BCUT2D eigenvalue weighted by molar-refractivity contribution is -0.137. The highest BCUT2D eigenvalue weighted by Crippen LogP contribution is 2.31. The quantitative estimate of drug-likeness (QED) is 0.778. The molecule has 1 aromatic heterocycles. The largest absolute Gasteiger partial charge is 0.462 e. The summed E-state index contributed by atoms with van der Waals surface area (Å²) in [4.78, 5) is 11.7. The van der Waals surface area contributed by atoms with E-state index in [-0.39, 0.29) is 21.4 Å². The molecule has 1 heterocycles. The number of anilines is 1. The Labute approximate surface area is 146 Å². The van der Waals surface area contributed by atoms with Crippen molar-refractivity contribution in [1.29, 1.82) is 0 Å². The molecule has 0 saturated carbocycles. The van der Waals surface area contributed by atoms with Crippen molar-refractivity contribution >= 4 is 32.3 Å². The van der Waals surface area contributed by atoms with E-state index in [1.165, 1.54) is 6.07 Å². The van der Waals surface area contributed by atoms with Gasteiger partial charge in [0.15, 0.2) is 0 Å². The fourth-order valence-corrected chi connectivity index (χ4v) is 4.20. The zero-order chi connectivity index (χ0) is 18.8. The zero-order valence-electron chi connectivity index (χ0n) is 13.2. The lowest BCUT2D eigenvalue weighted by atomic mass is 10.2. The third kappa shape index (κ3) is 4.51. The van der Waals surface area contributed by atoms with Crippen molar-refractivity contribution in [2.45, 2.75) is 24.9 Å². The molecule has 0 aliphatic carbocycles. The molecule has 2 rings (SSSR count). The van der Waals surface area contributed by atoms with Gasteiger partial charge >= 0.3 is 12.1 Å². The van der Waals surface area contributed by atoms with Crippen LogP contribution in [0.25, 0.3) is 0 Å². The van der Waals surface area contributed by atoms with Gasteiger partial charge in [-0.05, 0) is 49.7 Å². The molecule has 0 aliphatic rings. The molecule has 0 radical (unpaired) electrons. The molecule has 1 aromatic carbocycles. The molecule has 0 spiro atoms.